The second-order valence-corrected chi connectivity index (χ2v) is 5.16. The first-order chi connectivity index (χ1) is 9.38. The maximum Gasteiger partial charge on any atom is 0.174 e. The number of hydrogen-bond acceptors (Lipinski definition) is 3. The molecule has 0 bridgehead atoms. The summed E-state index contributed by atoms with van der Waals surface area (Å²) in [5.41, 5.74) is 1.22. The third-order valence-electron chi connectivity index (χ3n) is 3.65. The molecule has 19 heavy (non-hydrogen) atoms. The Labute approximate surface area is 115 Å². The minimum absolute atomic E-state index is 0.111. The summed E-state index contributed by atoms with van der Waals surface area (Å²) in [5, 5.41) is 12.2. The number of benzene rings is 1. The molecule has 1 saturated carbocycles. The molecule has 1 aromatic rings. The minimum atomic E-state index is 0.111. The average Bonchev–Trinajstić information content (AvgIpc) is 2.72. The van der Waals surface area contributed by atoms with Crippen molar-refractivity contribution in [1.29, 1.82) is 5.26 Å². The van der Waals surface area contributed by atoms with Crippen LogP contribution in [0.3, 0.4) is 0 Å². The van der Waals surface area contributed by atoms with Crippen molar-refractivity contribution in [2.75, 3.05) is 6.61 Å². The number of rotatable bonds is 5. The fourth-order valence-electron chi connectivity index (χ4n) is 2.61. The van der Waals surface area contributed by atoms with Gasteiger partial charge in [0, 0.05) is 12.6 Å². The van der Waals surface area contributed by atoms with Gasteiger partial charge in [-0.05, 0) is 30.5 Å². The van der Waals surface area contributed by atoms with Crippen molar-refractivity contribution < 1.29 is 4.74 Å². The monoisotopic (exact) mass is 258 g/mol. The maximum absolute atomic E-state index is 8.51. The Kier molecular flexibility index (Phi) is 5.71. The average molecular weight is 258 g/mol. The lowest BCUT2D eigenvalue weighted by atomic mass is 10.1. The number of nitrogens with one attached hydrogen (secondary N) is 1. The van der Waals surface area contributed by atoms with E-state index in [0.29, 0.717) is 6.04 Å². The topological polar surface area (TPSA) is 45.0 Å². The van der Waals surface area contributed by atoms with Gasteiger partial charge < -0.3 is 10.1 Å². The third kappa shape index (κ3) is 4.92. The lowest BCUT2D eigenvalue weighted by Crippen LogP contribution is -2.27. The molecule has 102 valence electrons. The van der Waals surface area contributed by atoms with Gasteiger partial charge in [0.05, 0.1) is 0 Å². The highest BCUT2D eigenvalue weighted by Crippen LogP contribution is 2.18. The molecular weight excluding hydrogens is 236 g/mol. The number of ether oxygens (including phenoxy) is 1. The molecule has 0 heterocycles. The van der Waals surface area contributed by atoms with Gasteiger partial charge in [-0.25, -0.2) is 0 Å². The standard InChI is InChI=1S/C16H22N2O/c17-10-11-19-16-9-5-6-14(12-16)13-18-15-7-3-1-2-4-8-15/h5-6,9,12,15,18H,1-4,7-8,11,13H2. The van der Waals surface area contributed by atoms with Crippen LogP contribution in [-0.2, 0) is 6.54 Å². The van der Waals surface area contributed by atoms with E-state index in [2.05, 4.69) is 11.4 Å². The molecule has 0 radical (unpaired) electrons. The van der Waals surface area contributed by atoms with Crippen molar-refractivity contribution in [1.82, 2.24) is 5.32 Å². The zero-order chi connectivity index (χ0) is 13.3. The van der Waals surface area contributed by atoms with Gasteiger partial charge >= 0.3 is 0 Å². The second-order valence-electron chi connectivity index (χ2n) is 5.16. The van der Waals surface area contributed by atoms with Crippen LogP contribution in [0.5, 0.6) is 5.75 Å². The highest BCUT2D eigenvalue weighted by molar-refractivity contribution is 5.28. The summed E-state index contributed by atoms with van der Waals surface area (Å²) in [4.78, 5) is 0. The quantitative estimate of drug-likeness (QED) is 0.823. The predicted octanol–water partition coefficient (Wildman–Crippen LogP) is 3.40. The van der Waals surface area contributed by atoms with E-state index in [1.807, 2.05) is 24.3 Å². The van der Waals surface area contributed by atoms with Crippen molar-refractivity contribution >= 4 is 0 Å². The van der Waals surface area contributed by atoms with E-state index < -0.39 is 0 Å². The molecule has 1 aliphatic carbocycles. The van der Waals surface area contributed by atoms with Crippen LogP contribution in [0.1, 0.15) is 44.1 Å². The summed E-state index contributed by atoms with van der Waals surface area (Å²) in [6.45, 7) is 0.994. The fourth-order valence-corrected chi connectivity index (χ4v) is 2.61. The molecule has 0 saturated heterocycles. The Morgan fingerprint density at radius 2 is 2.00 bits per heavy atom. The molecule has 0 spiro atoms. The summed E-state index contributed by atoms with van der Waals surface area (Å²) in [6, 6.07) is 10.6. The van der Waals surface area contributed by atoms with Crippen LogP contribution in [0.25, 0.3) is 0 Å². The van der Waals surface area contributed by atoms with Gasteiger partial charge in [0.2, 0.25) is 0 Å². The summed E-state index contributed by atoms with van der Waals surface area (Å²) in [5.74, 6) is 0.779. The van der Waals surface area contributed by atoms with Crippen LogP contribution in [-0.4, -0.2) is 12.6 Å². The van der Waals surface area contributed by atoms with Gasteiger partial charge in [-0.3, -0.25) is 0 Å². The van der Waals surface area contributed by atoms with Crippen LogP contribution in [0, 0.1) is 11.3 Å². The predicted molar refractivity (Wildman–Crippen MR) is 75.9 cm³/mol. The molecule has 0 aromatic heterocycles. The zero-order valence-corrected chi connectivity index (χ0v) is 11.4. The van der Waals surface area contributed by atoms with Gasteiger partial charge in [0.25, 0.3) is 0 Å². The summed E-state index contributed by atoms with van der Waals surface area (Å²) >= 11 is 0. The first-order valence-corrected chi connectivity index (χ1v) is 7.20. The van der Waals surface area contributed by atoms with E-state index in [0.717, 1.165) is 12.3 Å². The summed E-state index contributed by atoms with van der Waals surface area (Å²) in [7, 11) is 0. The molecular formula is C16H22N2O. The molecule has 3 heteroatoms. The molecule has 0 aliphatic heterocycles. The van der Waals surface area contributed by atoms with Crippen molar-refractivity contribution in [2.45, 2.75) is 51.1 Å². The molecule has 0 atom stereocenters. The van der Waals surface area contributed by atoms with E-state index in [9.17, 15) is 0 Å². The van der Waals surface area contributed by atoms with E-state index >= 15 is 0 Å². The molecule has 1 aliphatic rings. The molecule has 0 amide bonds. The largest absolute Gasteiger partial charge is 0.479 e. The van der Waals surface area contributed by atoms with E-state index in [1.54, 1.807) is 0 Å². The van der Waals surface area contributed by atoms with Gasteiger partial charge in [-0.1, -0.05) is 37.8 Å². The van der Waals surface area contributed by atoms with E-state index in [-0.39, 0.29) is 6.61 Å². The smallest absolute Gasteiger partial charge is 0.174 e. The highest BCUT2D eigenvalue weighted by atomic mass is 16.5. The second kappa shape index (κ2) is 7.81. The Bertz CT molecular complexity index is 417. The lowest BCUT2D eigenvalue weighted by Gasteiger charge is -2.16. The molecule has 3 nitrogen and oxygen atoms in total. The van der Waals surface area contributed by atoms with E-state index in [4.69, 9.17) is 10.00 Å². The van der Waals surface area contributed by atoms with Crippen molar-refractivity contribution in [3.63, 3.8) is 0 Å². The summed E-state index contributed by atoms with van der Waals surface area (Å²) in [6.07, 6.45) is 8.06. The number of nitriles is 1. The van der Waals surface area contributed by atoms with Gasteiger partial charge in [0.15, 0.2) is 6.61 Å². The van der Waals surface area contributed by atoms with Crippen LogP contribution in [0.2, 0.25) is 0 Å². The first-order valence-electron chi connectivity index (χ1n) is 7.20. The molecule has 1 aromatic carbocycles. The van der Waals surface area contributed by atoms with Crippen molar-refractivity contribution in [3.05, 3.63) is 29.8 Å². The number of nitrogens with zero attached hydrogens (tertiary/aromatic N) is 1. The van der Waals surface area contributed by atoms with E-state index in [1.165, 1.54) is 44.1 Å². The van der Waals surface area contributed by atoms with Gasteiger partial charge in [-0.2, -0.15) is 5.26 Å². The highest BCUT2D eigenvalue weighted by Gasteiger charge is 2.11. The summed E-state index contributed by atoms with van der Waals surface area (Å²) < 4.78 is 5.32. The molecule has 2 rings (SSSR count). The number of hydrogen-bond donors (Lipinski definition) is 1. The fraction of sp³-hybridized carbons (Fsp3) is 0.562. The normalized spacial score (nSPS) is 16.6. The van der Waals surface area contributed by atoms with Crippen molar-refractivity contribution in [3.8, 4) is 11.8 Å². The Balaban J connectivity index is 1.83. The Morgan fingerprint density at radius 3 is 2.74 bits per heavy atom. The van der Waals surface area contributed by atoms with Gasteiger partial charge in [-0.15, -0.1) is 0 Å². The third-order valence-corrected chi connectivity index (χ3v) is 3.65. The van der Waals surface area contributed by atoms with Crippen LogP contribution in [0.4, 0.5) is 0 Å². The van der Waals surface area contributed by atoms with Crippen LogP contribution >= 0.6 is 0 Å². The SMILES string of the molecule is N#CCOc1cccc(CNC2CCCCCC2)c1. The first kappa shape index (κ1) is 13.9. The van der Waals surface area contributed by atoms with Crippen LogP contribution < -0.4 is 10.1 Å². The van der Waals surface area contributed by atoms with Crippen molar-refractivity contribution in [2.24, 2.45) is 0 Å². The minimum Gasteiger partial charge on any atom is -0.479 e. The Hall–Kier alpha value is -1.53. The maximum atomic E-state index is 8.51. The Morgan fingerprint density at radius 1 is 1.21 bits per heavy atom. The van der Waals surface area contributed by atoms with Crippen LogP contribution in [0.15, 0.2) is 24.3 Å². The van der Waals surface area contributed by atoms with Gasteiger partial charge in [0.1, 0.15) is 11.8 Å². The zero-order valence-electron chi connectivity index (χ0n) is 11.4. The molecule has 1 N–H and O–H groups in total. The lowest BCUT2D eigenvalue weighted by molar-refractivity contribution is 0.367. The molecule has 0 unspecified atom stereocenters. The molecule has 1 fully saturated rings.